The van der Waals surface area contributed by atoms with Crippen molar-refractivity contribution in [2.24, 2.45) is 5.73 Å². The van der Waals surface area contributed by atoms with Gasteiger partial charge in [-0.2, -0.15) is 5.10 Å². The van der Waals surface area contributed by atoms with Crippen LogP contribution in [0, 0.1) is 0 Å². The predicted molar refractivity (Wildman–Crippen MR) is 87.3 cm³/mol. The van der Waals surface area contributed by atoms with Crippen molar-refractivity contribution in [1.29, 1.82) is 0 Å². The van der Waals surface area contributed by atoms with Gasteiger partial charge < -0.3 is 10.5 Å². The Hall–Kier alpha value is -2.28. The highest BCUT2D eigenvalue weighted by molar-refractivity contribution is 5.95. The molecule has 2 N–H and O–H groups in total. The molecule has 4 rings (SSSR count). The van der Waals surface area contributed by atoms with Crippen LogP contribution in [0.25, 0.3) is 11.4 Å². The molecule has 0 radical (unpaired) electrons. The van der Waals surface area contributed by atoms with E-state index in [0.29, 0.717) is 12.3 Å². The molecule has 2 aliphatic rings. The van der Waals surface area contributed by atoms with Gasteiger partial charge in [-0.1, -0.05) is 13.8 Å². The van der Waals surface area contributed by atoms with Gasteiger partial charge in [-0.3, -0.25) is 4.79 Å². The van der Waals surface area contributed by atoms with E-state index in [1.807, 2.05) is 10.9 Å². The van der Waals surface area contributed by atoms with E-state index in [-0.39, 0.29) is 11.6 Å². The molecular formula is C17H21N5O2. The molecule has 7 heteroatoms. The lowest BCUT2D eigenvalue weighted by Crippen LogP contribution is -2.29. The molecule has 3 heterocycles. The first-order chi connectivity index (χ1) is 11.5. The van der Waals surface area contributed by atoms with Gasteiger partial charge in [0.2, 0.25) is 0 Å². The maximum absolute atomic E-state index is 12.0. The average Bonchev–Trinajstić information content (AvgIpc) is 2.97. The van der Waals surface area contributed by atoms with Gasteiger partial charge >= 0.3 is 0 Å². The summed E-state index contributed by atoms with van der Waals surface area (Å²) < 4.78 is 7.73. The molecule has 126 valence electrons. The Morgan fingerprint density at radius 2 is 2.25 bits per heavy atom. The number of hydrogen-bond donors (Lipinski definition) is 1. The molecular weight excluding hydrogens is 306 g/mol. The van der Waals surface area contributed by atoms with Crippen molar-refractivity contribution in [1.82, 2.24) is 19.7 Å². The van der Waals surface area contributed by atoms with E-state index in [4.69, 9.17) is 10.5 Å². The fraction of sp³-hybridized carbons (Fsp3) is 0.529. The molecule has 0 aromatic carbocycles. The SMILES string of the molecule is CC1(C)Cc2cncnc2-c2c1c(C(N)=O)nn2C1CCCCO1. The second-order valence-electron chi connectivity index (χ2n) is 7.16. The second kappa shape index (κ2) is 5.37. The van der Waals surface area contributed by atoms with E-state index in [9.17, 15) is 4.79 Å². The number of aromatic nitrogens is 4. The number of carbonyl (C=O) groups is 1. The van der Waals surface area contributed by atoms with Gasteiger partial charge in [-0.15, -0.1) is 0 Å². The molecule has 1 atom stereocenters. The van der Waals surface area contributed by atoms with Crippen molar-refractivity contribution >= 4 is 5.91 Å². The molecule has 1 saturated heterocycles. The largest absolute Gasteiger partial charge is 0.364 e. The van der Waals surface area contributed by atoms with Crippen molar-refractivity contribution in [2.75, 3.05) is 6.61 Å². The number of ether oxygens (including phenoxy) is 1. The van der Waals surface area contributed by atoms with E-state index in [2.05, 4.69) is 28.9 Å². The van der Waals surface area contributed by atoms with Gasteiger partial charge in [0, 0.05) is 18.4 Å². The monoisotopic (exact) mass is 327 g/mol. The molecule has 1 fully saturated rings. The van der Waals surface area contributed by atoms with Crippen LogP contribution in [0.2, 0.25) is 0 Å². The highest BCUT2D eigenvalue weighted by atomic mass is 16.5. The molecule has 0 bridgehead atoms. The summed E-state index contributed by atoms with van der Waals surface area (Å²) in [6.45, 7) is 4.90. The van der Waals surface area contributed by atoms with E-state index < -0.39 is 5.91 Å². The number of nitrogens with zero attached hydrogens (tertiary/aromatic N) is 4. The lowest BCUT2D eigenvalue weighted by Gasteiger charge is -2.32. The average molecular weight is 327 g/mol. The Labute approximate surface area is 140 Å². The Morgan fingerprint density at radius 1 is 1.42 bits per heavy atom. The topological polar surface area (TPSA) is 95.9 Å². The number of fused-ring (bicyclic) bond motifs is 3. The maximum Gasteiger partial charge on any atom is 0.269 e. The maximum atomic E-state index is 12.0. The molecule has 1 amide bonds. The summed E-state index contributed by atoms with van der Waals surface area (Å²) in [7, 11) is 0. The van der Waals surface area contributed by atoms with Crippen LogP contribution >= 0.6 is 0 Å². The van der Waals surface area contributed by atoms with E-state index in [1.165, 1.54) is 6.33 Å². The molecule has 24 heavy (non-hydrogen) atoms. The summed E-state index contributed by atoms with van der Waals surface area (Å²) in [4.78, 5) is 20.7. The summed E-state index contributed by atoms with van der Waals surface area (Å²) in [5.41, 5.74) is 9.29. The molecule has 1 aliphatic carbocycles. The number of primary amides is 1. The van der Waals surface area contributed by atoms with Crippen molar-refractivity contribution in [2.45, 2.75) is 51.2 Å². The first-order valence-electron chi connectivity index (χ1n) is 8.32. The summed E-state index contributed by atoms with van der Waals surface area (Å²) in [5.74, 6) is -0.508. The van der Waals surface area contributed by atoms with Crippen LogP contribution in [-0.4, -0.2) is 32.3 Å². The molecule has 1 unspecified atom stereocenters. The summed E-state index contributed by atoms with van der Waals surface area (Å²) >= 11 is 0. The third-order valence-electron chi connectivity index (χ3n) is 4.89. The minimum atomic E-state index is -0.508. The molecule has 2 aromatic rings. The highest BCUT2D eigenvalue weighted by Gasteiger charge is 2.41. The van der Waals surface area contributed by atoms with Gasteiger partial charge in [0.25, 0.3) is 5.91 Å². The predicted octanol–water partition coefficient (Wildman–Crippen LogP) is 1.97. The first kappa shape index (κ1) is 15.3. The molecule has 0 spiro atoms. The number of hydrogen-bond acceptors (Lipinski definition) is 5. The lowest BCUT2D eigenvalue weighted by molar-refractivity contribution is -0.0386. The summed E-state index contributed by atoms with van der Waals surface area (Å²) in [5, 5.41) is 4.57. The number of amides is 1. The van der Waals surface area contributed by atoms with Crippen LogP contribution in [-0.2, 0) is 16.6 Å². The van der Waals surface area contributed by atoms with Crippen molar-refractivity contribution < 1.29 is 9.53 Å². The lowest BCUT2D eigenvalue weighted by atomic mass is 9.73. The number of nitrogens with two attached hydrogens (primary N) is 1. The van der Waals surface area contributed by atoms with E-state index >= 15 is 0 Å². The van der Waals surface area contributed by atoms with E-state index in [1.54, 1.807) is 0 Å². The van der Waals surface area contributed by atoms with Crippen LogP contribution in [0.4, 0.5) is 0 Å². The van der Waals surface area contributed by atoms with Gasteiger partial charge in [0.05, 0.1) is 11.4 Å². The van der Waals surface area contributed by atoms with Crippen LogP contribution in [0.5, 0.6) is 0 Å². The zero-order valence-corrected chi connectivity index (χ0v) is 14.0. The third-order valence-corrected chi connectivity index (χ3v) is 4.89. The molecule has 1 aliphatic heterocycles. The fourth-order valence-electron chi connectivity index (χ4n) is 3.87. The molecule has 2 aromatic heterocycles. The van der Waals surface area contributed by atoms with Crippen LogP contribution in [0.3, 0.4) is 0 Å². The van der Waals surface area contributed by atoms with Crippen molar-refractivity contribution in [3.8, 4) is 11.4 Å². The second-order valence-corrected chi connectivity index (χ2v) is 7.16. The van der Waals surface area contributed by atoms with Crippen molar-refractivity contribution in [3.05, 3.63) is 29.3 Å². The van der Waals surface area contributed by atoms with Crippen LogP contribution in [0.1, 0.15) is 61.0 Å². The minimum absolute atomic E-state index is 0.183. The Balaban J connectivity index is 1.99. The Kier molecular flexibility index (Phi) is 3.42. The number of carbonyl (C=O) groups excluding carboxylic acids is 1. The third kappa shape index (κ3) is 2.23. The number of rotatable bonds is 2. The zero-order chi connectivity index (χ0) is 16.9. The Bertz CT molecular complexity index is 805. The van der Waals surface area contributed by atoms with Crippen LogP contribution < -0.4 is 5.73 Å². The quantitative estimate of drug-likeness (QED) is 0.909. The smallest absolute Gasteiger partial charge is 0.269 e. The van der Waals surface area contributed by atoms with Gasteiger partial charge in [-0.05, 0) is 36.7 Å². The first-order valence-corrected chi connectivity index (χ1v) is 8.32. The molecule has 7 nitrogen and oxygen atoms in total. The van der Waals surface area contributed by atoms with Gasteiger partial charge in [0.1, 0.15) is 6.33 Å². The van der Waals surface area contributed by atoms with E-state index in [0.717, 1.165) is 48.2 Å². The van der Waals surface area contributed by atoms with Gasteiger partial charge in [-0.25, -0.2) is 14.6 Å². The standard InChI is InChI=1S/C17H21N5O2/c1-17(2)7-10-8-19-9-20-13(10)15-12(17)14(16(18)23)21-22(15)11-5-3-4-6-24-11/h8-9,11H,3-7H2,1-2H3,(H2,18,23). The van der Waals surface area contributed by atoms with Crippen molar-refractivity contribution in [3.63, 3.8) is 0 Å². The van der Waals surface area contributed by atoms with Crippen LogP contribution in [0.15, 0.2) is 12.5 Å². The Morgan fingerprint density at radius 3 is 2.96 bits per heavy atom. The normalized spacial score (nSPS) is 21.8. The van der Waals surface area contributed by atoms with Gasteiger partial charge in [0.15, 0.2) is 11.9 Å². The highest BCUT2D eigenvalue weighted by Crippen LogP contribution is 2.45. The summed E-state index contributed by atoms with van der Waals surface area (Å²) in [6.07, 6.45) is 6.93. The molecule has 0 saturated carbocycles. The zero-order valence-electron chi connectivity index (χ0n) is 14.0. The minimum Gasteiger partial charge on any atom is -0.364 e. The fourth-order valence-corrected chi connectivity index (χ4v) is 3.87. The summed E-state index contributed by atoms with van der Waals surface area (Å²) in [6, 6.07) is 0.